The average molecular weight is 430 g/mol. The Hall–Kier alpha value is -2.22. The maximum Gasteiger partial charge on any atom is 0.251 e. The number of benzene rings is 2. The molecule has 162 valence electrons. The topological polar surface area (TPSA) is 78.5 Å². The third-order valence-electron chi connectivity index (χ3n) is 5.43. The summed E-state index contributed by atoms with van der Waals surface area (Å²) in [6.07, 6.45) is 4.71. The van der Waals surface area contributed by atoms with Crippen LogP contribution < -0.4 is 10.0 Å². The van der Waals surface area contributed by atoms with Crippen molar-refractivity contribution in [2.45, 2.75) is 44.0 Å². The van der Waals surface area contributed by atoms with Gasteiger partial charge in [0, 0.05) is 18.7 Å². The van der Waals surface area contributed by atoms with Crippen LogP contribution in [0, 0.1) is 6.92 Å². The predicted molar refractivity (Wildman–Crippen MR) is 119 cm³/mol. The van der Waals surface area contributed by atoms with Crippen LogP contribution in [0.4, 0.5) is 0 Å². The van der Waals surface area contributed by atoms with E-state index in [0.717, 1.165) is 31.6 Å². The SMILES string of the molecule is Cc1ccc(C(=O)NCCCN2CCCCC2)cc1S(=O)(=O)NCc1ccccc1. The third-order valence-corrected chi connectivity index (χ3v) is 6.98. The molecule has 3 rings (SSSR count). The fourth-order valence-corrected chi connectivity index (χ4v) is 4.96. The highest BCUT2D eigenvalue weighted by atomic mass is 32.2. The summed E-state index contributed by atoms with van der Waals surface area (Å²) in [5.41, 5.74) is 1.84. The molecule has 0 saturated carbocycles. The largest absolute Gasteiger partial charge is 0.352 e. The summed E-state index contributed by atoms with van der Waals surface area (Å²) < 4.78 is 28.2. The minimum Gasteiger partial charge on any atom is -0.352 e. The third kappa shape index (κ3) is 6.39. The second-order valence-corrected chi connectivity index (χ2v) is 9.54. The molecule has 2 aromatic rings. The molecular formula is C23H31N3O3S. The number of likely N-dealkylation sites (tertiary alicyclic amines) is 1. The predicted octanol–water partition coefficient (Wildman–Crippen LogP) is 3.08. The Balaban J connectivity index is 1.57. The summed E-state index contributed by atoms with van der Waals surface area (Å²) in [4.78, 5) is 15.1. The number of aryl methyl sites for hydroxylation is 1. The molecule has 0 bridgehead atoms. The lowest BCUT2D eigenvalue weighted by Gasteiger charge is -2.26. The number of sulfonamides is 1. The molecule has 1 amide bonds. The Morgan fingerprint density at radius 3 is 2.50 bits per heavy atom. The van der Waals surface area contributed by atoms with Gasteiger partial charge in [0.2, 0.25) is 10.0 Å². The first kappa shape index (κ1) is 22.5. The first-order chi connectivity index (χ1) is 14.5. The highest BCUT2D eigenvalue weighted by Gasteiger charge is 2.19. The lowest BCUT2D eigenvalue weighted by molar-refractivity contribution is 0.0951. The lowest BCUT2D eigenvalue weighted by atomic mass is 10.1. The smallest absolute Gasteiger partial charge is 0.251 e. The summed E-state index contributed by atoms with van der Waals surface area (Å²) >= 11 is 0. The number of carbonyl (C=O) groups excluding carboxylic acids is 1. The van der Waals surface area contributed by atoms with Gasteiger partial charge in [-0.15, -0.1) is 0 Å². The maximum atomic E-state index is 12.8. The molecular weight excluding hydrogens is 398 g/mol. The molecule has 1 aliphatic heterocycles. The molecule has 0 aromatic heterocycles. The Kier molecular flexibility index (Phi) is 8.01. The minimum absolute atomic E-state index is 0.138. The van der Waals surface area contributed by atoms with E-state index in [4.69, 9.17) is 0 Å². The number of hydrogen-bond acceptors (Lipinski definition) is 4. The van der Waals surface area contributed by atoms with Crippen LogP contribution in [-0.2, 0) is 16.6 Å². The molecule has 0 spiro atoms. The molecule has 6 nitrogen and oxygen atoms in total. The Morgan fingerprint density at radius 2 is 1.77 bits per heavy atom. The van der Waals surface area contributed by atoms with E-state index in [-0.39, 0.29) is 17.3 Å². The van der Waals surface area contributed by atoms with Crippen molar-refractivity contribution in [1.29, 1.82) is 0 Å². The van der Waals surface area contributed by atoms with Gasteiger partial charge in [-0.05, 0) is 69.1 Å². The zero-order valence-electron chi connectivity index (χ0n) is 17.6. The molecule has 0 atom stereocenters. The van der Waals surface area contributed by atoms with E-state index in [9.17, 15) is 13.2 Å². The normalized spacial score (nSPS) is 15.1. The molecule has 1 aliphatic rings. The second-order valence-electron chi connectivity index (χ2n) is 7.80. The number of carbonyl (C=O) groups is 1. The van der Waals surface area contributed by atoms with Crippen molar-refractivity contribution in [3.8, 4) is 0 Å². The molecule has 2 aromatic carbocycles. The van der Waals surface area contributed by atoms with Crippen LogP contribution in [0.5, 0.6) is 0 Å². The number of rotatable bonds is 9. The van der Waals surface area contributed by atoms with Crippen LogP contribution in [0.25, 0.3) is 0 Å². The van der Waals surface area contributed by atoms with Gasteiger partial charge in [-0.25, -0.2) is 13.1 Å². The van der Waals surface area contributed by atoms with Crippen LogP contribution in [0.1, 0.15) is 47.2 Å². The second kappa shape index (κ2) is 10.7. The number of amides is 1. The standard InChI is InChI=1S/C23H31N3O3S/c1-19-11-12-21(23(27)24-13-8-16-26-14-6-3-7-15-26)17-22(19)30(28,29)25-18-20-9-4-2-5-10-20/h2,4-5,9-12,17,25H,3,6-8,13-16,18H2,1H3,(H,24,27). The van der Waals surface area contributed by atoms with Crippen LogP contribution in [0.15, 0.2) is 53.4 Å². The highest BCUT2D eigenvalue weighted by Crippen LogP contribution is 2.18. The van der Waals surface area contributed by atoms with Gasteiger partial charge >= 0.3 is 0 Å². The Labute approximate surface area is 179 Å². The van der Waals surface area contributed by atoms with Gasteiger partial charge in [0.1, 0.15) is 0 Å². The molecule has 30 heavy (non-hydrogen) atoms. The summed E-state index contributed by atoms with van der Waals surface area (Å²) in [6.45, 7) is 5.79. The van der Waals surface area contributed by atoms with Crippen LogP contribution >= 0.6 is 0 Å². The molecule has 1 heterocycles. The molecule has 7 heteroatoms. The van der Waals surface area contributed by atoms with Gasteiger partial charge in [-0.2, -0.15) is 0 Å². The van der Waals surface area contributed by atoms with E-state index in [1.165, 1.54) is 25.3 Å². The van der Waals surface area contributed by atoms with Gasteiger partial charge < -0.3 is 10.2 Å². The van der Waals surface area contributed by atoms with E-state index in [1.54, 1.807) is 19.1 Å². The zero-order chi connectivity index (χ0) is 21.4. The van der Waals surface area contributed by atoms with E-state index < -0.39 is 10.0 Å². The molecule has 0 aliphatic carbocycles. The fraction of sp³-hybridized carbons (Fsp3) is 0.435. The Morgan fingerprint density at radius 1 is 1.03 bits per heavy atom. The number of piperidine rings is 1. The minimum atomic E-state index is -3.72. The number of hydrogen-bond donors (Lipinski definition) is 2. The van der Waals surface area contributed by atoms with Crippen molar-refractivity contribution in [2.24, 2.45) is 0 Å². The quantitative estimate of drug-likeness (QED) is 0.601. The Bertz CT molecular complexity index is 939. The summed E-state index contributed by atoms with van der Waals surface area (Å²) in [5.74, 6) is -0.242. The van der Waals surface area contributed by atoms with E-state index in [1.807, 2.05) is 30.3 Å². The summed E-state index contributed by atoms with van der Waals surface area (Å²) in [5, 5.41) is 2.91. The zero-order valence-corrected chi connectivity index (χ0v) is 18.4. The highest BCUT2D eigenvalue weighted by molar-refractivity contribution is 7.89. The van der Waals surface area contributed by atoms with Gasteiger partial charge in [0.15, 0.2) is 0 Å². The number of nitrogens with zero attached hydrogens (tertiary/aromatic N) is 1. The van der Waals surface area contributed by atoms with Crippen LogP contribution in [0.2, 0.25) is 0 Å². The van der Waals surface area contributed by atoms with Crippen LogP contribution in [-0.4, -0.2) is 45.4 Å². The molecule has 1 fully saturated rings. The summed E-state index contributed by atoms with van der Waals surface area (Å²) in [7, 11) is -3.72. The number of nitrogens with one attached hydrogen (secondary N) is 2. The van der Waals surface area contributed by atoms with E-state index in [0.29, 0.717) is 17.7 Å². The van der Waals surface area contributed by atoms with E-state index >= 15 is 0 Å². The van der Waals surface area contributed by atoms with Crippen molar-refractivity contribution < 1.29 is 13.2 Å². The summed E-state index contributed by atoms with van der Waals surface area (Å²) in [6, 6.07) is 14.2. The van der Waals surface area contributed by atoms with Crippen molar-refractivity contribution in [2.75, 3.05) is 26.2 Å². The molecule has 2 N–H and O–H groups in total. The maximum absolute atomic E-state index is 12.8. The monoisotopic (exact) mass is 429 g/mol. The molecule has 1 saturated heterocycles. The van der Waals surface area contributed by atoms with Crippen molar-refractivity contribution in [1.82, 2.24) is 14.9 Å². The van der Waals surface area contributed by atoms with Crippen molar-refractivity contribution in [3.63, 3.8) is 0 Å². The fourth-order valence-electron chi connectivity index (χ4n) is 3.67. The molecule has 0 unspecified atom stereocenters. The first-order valence-electron chi connectivity index (χ1n) is 10.6. The van der Waals surface area contributed by atoms with Gasteiger partial charge in [-0.1, -0.05) is 42.8 Å². The van der Waals surface area contributed by atoms with Crippen molar-refractivity contribution in [3.05, 3.63) is 65.2 Å². The average Bonchev–Trinajstić information content (AvgIpc) is 2.77. The van der Waals surface area contributed by atoms with Gasteiger partial charge in [-0.3, -0.25) is 4.79 Å². The van der Waals surface area contributed by atoms with Crippen LogP contribution in [0.3, 0.4) is 0 Å². The van der Waals surface area contributed by atoms with Gasteiger partial charge in [0.05, 0.1) is 4.90 Å². The lowest BCUT2D eigenvalue weighted by Crippen LogP contribution is -2.33. The van der Waals surface area contributed by atoms with E-state index in [2.05, 4.69) is 14.9 Å². The van der Waals surface area contributed by atoms with Gasteiger partial charge in [0.25, 0.3) is 5.91 Å². The molecule has 0 radical (unpaired) electrons. The van der Waals surface area contributed by atoms with Crippen molar-refractivity contribution >= 4 is 15.9 Å². The first-order valence-corrected chi connectivity index (χ1v) is 12.1.